The number of benzene rings is 1. The van der Waals surface area contributed by atoms with E-state index in [9.17, 15) is 4.39 Å². The molecule has 9 heteroatoms. The maximum atomic E-state index is 14.5. The minimum absolute atomic E-state index is 0. The molecule has 0 amide bonds. The van der Waals surface area contributed by atoms with Gasteiger partial charge >= 0.3 is 0 Å². The summed E-state index contributed by atoms with van der Waals surface area (Å²) in [6.07, 6.45) is 3.83. The quantitative estimate of drug-likeness (QED) is 0.325. The Morgan fingerprint density at radius 3 is 2.76 bits per heavy atom. The molecule has 0 atom stereocenters. The molecule has 160 valence electrons. The first-order chi connectivity index (χ1) is 13.7. The van der Waals surface area contributed by atoms with Crippen LogP contribution in [0, 0.1) is 5.82 Å². The number of ether oxygens (including phenoxy) is 1. The van der Waals surface area contributed by atoms with Gasteiger partial charge in [-0.3, -0.25) is 4.99 Å². The van der Waals surface area contributed by atoms with Gasteiger partial charge in [0.05, 0.1) is 23.9 Å². The number of hydrogen-bond donors (Lipinski definition) is 2. The highest BCUT2D eigenvalue weighted by molar-refractivity contribution is 14.0. The van der Waals surface area contributed by atoms with Gasteiger partial charge < -0.3 is 20.3 Å². The zero-order chi connectivity index (χ0) is 19.8. The number of hydrogen-bond acceptors (Lipinski definition) is 5. The number of aryl methyl sites for hydroxylation is 1. The van der Waals surface area contributed by atoms with E-state index in [-0.39, 0.29) is 29.8 Å². The fourth-order valence-electron chi connectivity index (χ4n) is 3.04. The molecule has 1 aliphatic rings. The molecule has 0 aliphatic carbocycles. The maximum Gasteiger partial charge on any atom is 0.191 e. The first-order valence-corrected chi connectivity index (χ1v) is 10.5. The number of aliphatic imine (C=N–C) groups is 1. The van der Waals surface area contributed by atoms with Gasteiger partial charge in [-0.1, -0.05) is 13.0 Å². The van der Waals surface area contributed by atoms with E-state index in [1.54, 1.807) is 24.5 Å². The van der Waals surface area contributed by atoms with Crippen LogP contribution >= 0.6 is 35.3 Å². The van der Waals surface area contributed by atoms with Gasteiger partial charge in [-0.2, -0.15) is 0 Å². The number of thiazole rings is 1. The van der Waals surface area contributed by atoms with Gasteiger partial charge in [0, 0.05) is 50.7 Å². The van der Waals surface area contributed by atoms with E-state index in [0.717, 1.165) is 43.0 Å². The van der Waals surface area contributed by atoms with Crippen molar-refractivity contribution in [1.29, 1.82) is 0 Å². The van der Waals surface area contributed by atoms with Crippen LogP contribution in [0.3, 0.4) is 0 Å². The molecule has 1 aliphatic heterocycles. The van der Waals surface area contributed by atoms with Gasteiger partial charge in [-0.15, -0.1) is 35.3 Å². The van der Waals surface area contributed by atoms with Crippen molar-refractivity contribution < 1.29 is 9.13 Å². The second-order valence-electron chi connectivity index (χ2n) is 6.56. The number of morpholine rings is 1. The summed E-state index contributed by atoms with van der Waals surface area (Å²) in [7, 11) is 1.73. The smallest absolute Gasteiger partial charge is 0.191 e. The van der Waals surface area contributed by atoms with Crippen LogP contribution in [0.2, 0.25) is 0 Å². The summed E-state index contributed by atoms with van der Waals surface area (Å²) in [6, 6.07) is 5.39. The summed E-state index contributed by atoms with van der Waals surface area (Å²) in [6.45, 7) is 6.14. The molecule has 0 saturated carbocycles. The highest BCUT2D eigenvalue weighted by Crippen LogP contribution is 2.21. The van der Waals surface area contributed by atoms with Crippen LogP contribution in [0.15, 0.2) is 29.4 Å². The molecule has 0 spiro atoms. The van der Waals surface area contributed by atoms with Crippen molar-refractivity contribution in [1.82, 2.24) is 15.6 Å². The van der Waals surface area contributed by atoms with Crippen LogP contribution in [0.25, 0.3) is 0 Å². The van der Waals surface area contributed by atoms with Crippen molar-refractivity contribution in [3.8, 4) is 0 Å². The van der Waals surface area contributed by atoms with Gasteiger partial charge in [0.1, 0.15) is 5.82 Å². The number of guanidine groups is 1. The van der Waals surface area contributed by atoms with Crippen LogP contribution in [0.4, 0.5) is 10.1 Å². The predicted octanol–water partition coefficient (Wildman–Crippen LogP) is 3.21. The van der Waals surface area contributed by atoms with Gasteiger partial charge in [0.15, 0.2) is 5.96 Å². The average molecular weight is 533 g/mol. The Labute approximate surface area is 193 Å². The molecular formula is C20H29FIN5OS. The van der Waals surface area contributed by atoms with Crippen molar-refractivity contribution in [2.24, 2.45) is 4.99 Å². The third-order valence-electron chi connectivity index (χ3n) is 4.63. The van der Waals surface area contributed by atoms with E-state index in [1.165, 1.54) is 4.88 Å². The molecule has 3 rings (SSSR count). The number of rotatable bonds is 7. The Bertz CT molecular complexity index is 795. The van der Waals surface area contributed by atoms with Crippen molar-refractivity contribution >= 4 is 47.0 Å². The number of nitrogens with zero attached hydrogens (tertiary/aromatic N) is 3. The molecule has 29 heavy (non-hydrogen) atoms. The first-order valence-electron chi connectivity index (χ1n) is 9.68. The molecule has 1 aromatic carbocycles. The van der Waals surface area contributed by atoms with E-state index in [1.807, 2.05) is 23.2 Å². The molecule has 0 bridgehead atoms. The molecule has 1 fully saturated rings. The van der Waals surface area contributed by atoms with E-state index < -0.39 is 0 Å². The third kappa shape index (κ3) is 7.07. The molecule has 0 unspecified atom stereocenters. The summed E-state index contributed by atoms with van der Waals surface area (Å²) in [5.74, 6) is 0.504. The summed E-state index contributed by atoms with van der Waals surface area (Å²) in [5, 5.41) is 7.64. The van der Waals surface area contributed by atoms with Crippen LogP contribution in [-0.2, 0) is 24.1 Å². The van der Waals surface area contributed by atoms with Gasteiger partial charge in [-0.25, -0.2) is 9.37 Å². The van der Waals surface area contributed by atoms with Crippen molar-refractivity contribution in [2.45, 2.75) is 26.3 Å². The van der Waals surface area contributed by atoms with Gasteiger partial charge in [0.2, 0.25) is 0 Å². The number of nitrogens with one attached hydrogen (secondary N) is 2. The van der Waals surface area contributed by atoms with Crippen LogP contribution in [0.1, 0.15) is 22.4 Å². The molecule has 6 nitrogen and oxygen atoms in total. The highest BCUT2D eigenvalue weighted by atomic mass is 127. The Kier molecular flexibility index (Phi) is 10.1. The topological polar surface area (TPSA) is 61.8 Å². The molecule has 2 heterocycles. The lowest BCUT2D eigenvalue weighted by molar-refractivity contribution is 0.122. The van der Waals surface area contributed by atoms with Crippen molar-refractivity contribution in [2.75, 3.05) is 44.8 Å². The lowest BCUT2D eigenvalue weighted by atomic mass is 10.1. The largest absolute Gasteiger partial charge is 0.378 e. The number of anilines is 1. The lowest BCUT2D eigenvalue weighted by Gasteiger charge is -2.29. The first kappa shape index (κ1) is 23.8. The van der Waals surface area contributed by atoms with Crippen LogP contribution in [0.5, 0.6) is 0 Å². The monoisotopic (exact) mass is 533 g/mol. The maximum absolute atomic E-state index is 14.5. The van der Waals surface area contributed by atoms with Crippen LogP contribution < -0.4 is 15.5 Å². The Morgan fingerprint density at radius 1 is 1.31 bits per heavy atom. The fourth-order valence-corrected chi connectivity index (χ4v) is 3.90. The summed E-state index contributed by atoms with van der Waals surface area (Å²) >= 11 is 1.75. The van der Waals surface area contributed by atoms with Crippen LogP contribution in [-0.4, -0.2) is 50.8 Å². The molecule has 0 radical (unpaired) electrons. The standard InChI is InChI=1S/C20H28FN5OS.HI/c1-3-16-14-24-19(28-16)6-7-23-20(22-2)25-13-15-4-5-18(17(21)12-15)26-8-10-27-11-9-26;/h4-5,12,14H,3,6-11,13H2,1-2H3,(H2,22,23,25);1H. The van der Waals surface area contributed by atoms with E-state index in [0.29, 0.717) is 31.4 Å². The summed E-state index contributed by atoms with van der Waals surface area (Å²) in [4.78, 5) is 12.0. The Balaban J connectivity index is 0.00000300. The van der Waals surface area contributed by atoms with E-state index >= 15 is 0 Å². The van der Waals surface area contributed by atoms with Crippen molar-refractivity contribution in [3.63, 3.8) is 0 Å². The second kappa shape index (κ2) is 12.3. The third-order valence-corrected chi connectivity index (χ3v) is 5.83. The molecular weight excluding hydrogens is 504 g/mol. The van der Waals surface area contributed by atoms with E-state index in [2.05, 4.69) is 27.5 Å². The normalized spacial score (nSPS) is 14.4. The second-order valence-corrected chi connectivity index (χ2v) is 7.76. The number of halogens is 2. The van der Waals surface area contributed by atoms with E-state index in [4.69, 9.17) is 4.74 Å². The summed E-state index contributed by atoms with van der Waals surface area (Å²) in [5.41, 5.74) is 1.52. The Hall–Kier alpha value is -1.46. The minimum atomic E-state index is -0.195. The SMILES string of the molecule is CCc1cnc(CCNC(=NC)NCc2ccc(N3CCOCC3)c(F)c2)s1.I. The predicted molar refractivity (Wildman–Crippen MR) is 128 cm³/mol. The Morgan fingerprint density at radius 2 is 2.10 bits per heavy atom. The fraction of sp³-hybridized carbons (Fsp3) is 0.500. The molecule has 2 aromatic rings. The highest BCUT2D eigenvalue weighted by Gasteiger charge is 2.15. The number of aromatic nitrogens is 1. The molecule has 2 N–H and O–H groups in total. The summed E-state index contributed by atoms with van der Waals surface area (Å²) < 4.78 is 19.8. The lowest BCUT2D eigenvalue weighted by Crippen LogP contribution is -2.38. The zero-order valence-electron chi connectivity index (χ0n) is 16.9. The minimum Gasteiger partial charge on any atom is -0.378 e. The zero-order valence-corrected chi connectivity index (χ0v) is 20.1. The molecule has 1 saturated heterocycles. The molecule has 1 aromatic heterocycles. The van der Waals surface area contributed by atoms with Crippen molar-refractivity contribution in [3.05, 3.63) is 45.7 Å². The van der Waals surface area contributed by atoms with Gasteiger partial charge in [-0.05, 0) is 24.1 Å². The average Bonchev–Trinajstić information content (AvgIpc) is 3.19. The van der Waals surface area contributed by atoms with Gasteiger partial charge in [0.25, 0.3) is 0 Å².